The summed E-state index contributed by atoms with van der Waals surface area (Å²) in [5.41, 5.74) is 0.806. The van der Waals surface area contributed by atoms with Gasteiger partial charge in [-0.1, -0.05) is 12.1 Å². The number of nitrogens with zero attached hydrogens (tertiary/aromatic N) is 1. The number of benzene rings is 1. The van der Waals surface area contributed by atoms with Gasteiger partial charge >= 0.3 is 0 Å². The van der Waals surface area contributed by atoms with E-state index in [4.69, 9.17) is 9.47 Å². The van der Waals surface area contributed by atoms with Crippen LogP contribution in [0.3, 0.4) is 0 Å². The quantitative estimate of drug-likeness (QED) is 0.897. The van der Waals surface area contributed by atoms with E-state index in [0.717, 1.165) is 37.2 Å². The van der Waals surface area contributed by atoms with Crippen molar-refractivity contribution in [2.24, 2.45) is 0 Å². The number of β-amino-alcohol motifs (C(OH)–C–C–N with tert-alkyl or cyclic N) is 1. The predicted octanol–water partition coefficient (Wildman–Crippen LogP) is 2.23. The Kier molecular flexibility index (Phi) is 5.02. The Balaban J connectivity index is 1.98. The van der Waals surface area contributed by atoms with Crippen LogP contribution in [0.15, 0.2) is 24.3 Å². The monoisotopic (exact) mass is 279 g/mol. The molecule has 1 aromatic carbocycles. The maximum atomic E-state index is 10.4. The molecule has 2 rings (SSSR count). The topological polar surface area (TPSA) is 41.9 Å². The zero-order chi connectivity index (χ0) is 14.6. The zero-order valence-corrected chi connectivity index (χ0v) is 12.6. The van der Waals surface area contributed by atoms with Crippen LogP contribution in [0.5, 0.6) is 5.75 Å². The maximum absolute atomic E-state index is 10.4. The predicted molar refractivity (Wildman–Crippen MR) is 79.0 cm³/mol. The molecule has 1 aliphatic rings. The van der Waals surface area contributed by atoms with Crippen LogP contribution in [0.25, 0.3) is 0 Å². The molecule has 20 heavy (non-hydrogen) atoms. The van der Waals surface area contributed by atoms with Gasteiger partial charge < -0.3 is 14.6 Å². The normalized spacial score (nSPS) is 25.4. The van der Waals surface area contributed by atoms with Gasteiger partial charge in [0.15, 0.2) is 0 Å². The SMILES string of the molecule is COc1cccc(C(O)CN2CCCC(C)(OC)C2)c1. The van der Waals surface area contributed by atoms with E-state index in [2.05, 4.69) is 11.8 Å². The molecule has 1 heterocycles. The fourth-order valence-electron chi connectivity index (χ4n) is 2.83. The fourth-order valence-corrected chi connectivity index (χ4v) is 2.83. The number of ether oxygens (including phenoxy) is 2. The van der Waals surface area contributed by atoms with E-state index in [-0.39, 0.29) is 5.60 Å². The summed E-state index contributed by atoms with van der Waals surface area (Å²) in [4.78, 5) is 2.27. The molecule has 2 unspecified atom stereocenters. The standard InChI is InChI=1S/C16H25NO3/c1-16(20-3)8-5-9-17(12-16)11-15(18)13-6-4-7-14(10-13)19-2/h4,6-7,10,15,18H,5,8-9,11-12H2,1-3H3. The smallest absolute Gasteiger partial charge is 0.119 e. The molecule has 0 spiro atoms. The van der Waals surface area contributed by atoms with Crippen molar-refractivity contribution in [1.82, 2.24) is 4.90 Å². The van der Waals surface area contributed by atoms with Gasteiger partial charge in [-0.05, 0) is 44.0 Å². The lowest BCUT2D eigenvalue weighted by molar-refractivity contribution is -0.0586. The highest BCUT2D eigenvalue weighted by Gasteiger charge is 2.31. The van der Waals surface area contributed by atoms with E-state index >= 15 is 0 Å². The molecule has 2 atom stereocenters. The molecule has 0 aromatic heterocycles. The van der Waals surface area contributed by atoms with E-state index < -0.39 is 6.10 Å². The molecule has 112 valence electrons. The van der Waals surface area contributed by atoms with E-state index in [1.165, 1.54) is 0 Å². The second-order valence-electron chi connectivity index (χ2n) is 5.79. The second-order valence-corrected chi connectivity index (χ2v) is 5.79. The lowest BCUT2D eigenvalue weighted by Gasteiger charge is -2.40. The van der Waals surface area contributed by atoms with Crippen molar-refractivity contribution in [2.45, 2.75) is 31.5 Å². The van der Waals surface area contributed by atoms with Crippen molar-refractivity contribution in [2.75, 3.05) is 33.9 Å². The van der Waals surface area contributed by atoms with Crippen LogP contribution >= 0.6 is 0 Å². The lowest BCUT2D eigenvalue weighted by atomic mass is 9.94. The lowest BCUT2D eigenvalue weighted by Crippen LogP contribution is -2.48. The first-order valence-electron chi connectivity index (χ1n) is 7.16. The first-order chi connectivity index (χ1) is 9.56. The fraction of sp³-hybridized carbons (Fsp3) is 0.625. The zero-order valence-electron chi connectivity index (χ0n) is 12.6. The summed E-state index contributed by atoms with van der Waals surface area (Å²) in [6.07, 6.45) is 1.69. The summed E-state index contributed by atoms with van der Waals surface area (Å²) in [7, 11) is 3.40. The molecule has 0 radical (unpaired) electrons. The number of rotatable bonds is 5. The van der Waals surface area contributed by atoms with Gasteiger partial charge in [-0.2, -0.15) is 0 Å². The van der Waals surface area contributed by atoms with Gasteiger partial charge in [-0.25, -0.2) is 0 Å². The summed E-state index contributed by atoms with van der Waals surface area (Å²) in [6.45, 7) is 4.65. The van der Waals surface area contributed by atoms with Crippen LogP contribution in [0.4, 0.5) is 0 Å². The maximum Gasteiger partial charge on any atom is 0.119 e. The third kappa shape index (κ3) is 3.72. The first-order valence-corrected chi connectivity index (χ1v) is 7.16. The molecule has 1 aromatic rings. The Morgan fingerprint density at radius 2 is 2.20 bits per heavy atom. The Bertz CT molecular complexity index is 437. The average molecular weight is 279 g/mol. The van der Waals surface area contributed by atoms with Gasteiger partial charge in [-0.3, -0.25) is 4.90 Å². The number of piperidine rings is 1. The van der Waals surface area contributed by atoms with Crippen molar-refractivity contribution in [3.63, 3.8) is 0 Å². The number of hydrogen-bond acceptors (Lipinski definition) is 4. The van der Waals surface area contributed by atoms with E-state index in [1.807, 2.05) is 24.3 Å². The number of aliphatic hydroxyl groups excluding tert-OH is 1. The highest BCUT2D eigenvalue weighted by molar-refractivity contribution is 5.29. The van der Waals surface area contributed by atoms with Crippen LogP contribution in [-0.2, 0) is 4.74 Å². The average Bonchev–Trinajstić information content (AvgIpc) is 2.47. The van der Waals surface area contributed by atoms with Crippen molar-refractivity contribution in [3.05, 3.63) is 29.8 Å². The van der Waals surface area contributed by atoms with Crippen molar-refractivity contribution in [3.8, 4) is 5.75 Å². The van der Waals surface area contributed by atoms with Gasteiger partial charge in [-0.15, -0.1) is 0 Å². The first kappa shape index (κ1) is 15.3. The third-order valence-corrected chi connectivity index (χ3v) is 4.14. The molecular formula is C16H25NO3. The number of aliphatic hydroxyl groups is 1. The Morgan fingerprint density at radius 1 is 1.40 bits per heavy atom. The van der Waals surface area contributed by atoms with Gasteiger partial charge in [0.1, 0.15) is 5.75 Å². The van der Waals surface area contributed by atoms with Crippen LogP contribution in [0, 0.1) is 0 Å². The van der Waals surface area contributed by atoms with Gasteiger partial charge in [0.05, 0.1) is 18.8 Å². The van der Waals surface area contributed by atoms with Crippen molar-refractivity contribution < 1.29 is 14.6 Å². The minimum Gasteiger partial charge on any atom is -0.497 e. The van der Waals surface area contributed by atoms with Gasteiger partial charge in [0, 0.05) is 20.2 Å². The number of likely N-dealkylation sites (tertiary alicyclic amines) is 1. The molecule has 0 bridgehead atoms. The Morgan fingerprint density at radius 3 is 2.90 bits per heavy atom. The van der Waals surface area contributed by atoms with E-state index in [9.17, 15) is 5.11 Å². The molecule has 1 N–H and O–H groups in total. The summed E-state index contributed by atoms with van der Waals surface area (Å²) in [5.74, 6) is 0.780. The molecule has 1 fully saturated rings. The Labute approximate surface area is 121 Å². The number of hydrogen-bond donors (Lipinski definition) is 1. The van der Waals surface area contributed by atoms with Crippen molar-refractivity contribution in [1.29, 1.82) is 0 Å². The van der Waals surface area contributed by atoms with Crippen LogP contribution < -0.4 is 4.74 Å². The minimum atomic E-state index is -0.496. The third-order valence-electron chi connectivity index (χ3n) is 4.14. The van der Waals surface area contributed by atoms with Crippen molar-refractivity contribution >= 4 is 0 Å². The number of methoxy groups -OCH3 is 2. The summed E-state index contributed by atoms with van der Waals surface area (Å²) >= 11 is 0. The summed E-state index contributed by atoms with van der Waals surface area (Å²) in [6, 6.07) is 7.63. The van der Waals surface area contributed by atoms with Gasteiger partial charge in [0.25, 0.3) is 0 Å². The van der Waals surface area contributed by atoms with Gasteiger partial charge in [0.2, 0.25) is 0 Å². The minimum absolute atomic E-state index is 0.0909. The van der Waals surface area contributed by atoms with E-state index in [0.29, 0.717) is 6.54 Å². The van der Waals surface area contributed by atoms with Crippen LogP contribution in [0.2, 0.25) is 0 Å². The largest absolute Gasteiger partial charge is 0.497 e. The molecule has 0 aliphatic carbocycles. The molecule has 1 saturated heterocycles. The highest BCUT2D eigenvalue weighted by atomic mass is 16.5. The molecule has 0 amide bonds. The van der Waals surface area contributed by atoms with E-state index in [1.54, 1.807) is 14.2 Å². The molecule has 1 aliphatic heterocycles. The molecular weight excluding hydrogens is 254 g/mol. The van der Waals surface area contributed by atoms with Crippen LogP contribution in [0.1, 0.15) is 31.4 Å². The Hall–Kier alpha value is -1.10. The molecule has 0 saturated carbocycles. The molecule has 4 nitrogen and oxygen atoms in total. The second kappa shape index (κ2) is 6.57. The molecule has 4 heteroatoms. The summed E-state index contributed by atoms with van der Waals surface area (Å²) in [5, 5.41) is 10.4. The highest BCUT2D eigenvalue weighted by Crippen LogP contribution is 2.26. The van der Waals surface area contributed by atoms with Crippen LogP contribution in [-0.4, -0.2) is 49.5 Å². The summed E-state index contributed by atoms with van der Waals surface area (Å²) < 4.78 is 10.8.